The SMILES string of the molecule is CCN(CC(=O)O)C1CC(NCc2ccc(Cl)cc2)C1. The molecule has 1 aromatic carbocycles. The van der Waals surface area contributed by atoms with Gasteiger partial charge >= 0.3 is 5.97 Å². The molecule has 5 heteroatoms. The van der Waals surface area contributed by atoms with E-state index in [1.165, 1.54) is 5.56 Å². The molecule has 0 amide bonds. The van der Waals surface area contributed by atoms with E-state index >= 15 is 0 Å². The van der Waals surface area contributed by atoms with Gasteiger partial charge in [-0.15, -0.1) is 0 Å². The number of aliphatic carboxylic acids is 1. The largest absolute Gasteiger partial charge is 0.480 e. The molecule has 0 bridgehead atoms. The van der Waals surface area contributed by atoms with E-state index in [2.05, 4.69) is 5.32 Å². The van der Waals surface area contributed by atoms with Gasteiger partial charge in [-0.2, -0.15) is 0 Å². The predicted octanol–water partition coefficient (Wildman–Crippen LogP) is 2.37. The van der Waals surface area contributed by atoms with Gasteiger partial charge in [0.05, 0.1) is 6.54 Å². The molecule has 1 fully saturated rings. The molecule has 2 N–H and O–H groups in total. The molecule has 0 radical (unpaired) electrons. The smallest absolute Gasteiger partial charge is 0.317 e. The molecule has 0 aromatic heterocycles. The molecule has 0 aliphatic heterocycles. The molecule has 0 spiro atoms. The van der Waals surface area contributed by atoms with E-state index in [9.17, 15) is 4.79 Å². The van der Waals surface area contributed by atoms with Crippen LogP contribution in [0.1, 0.15) is 25.3 Å². The zero-order valence-corrected chi connectivity index (χ0v) is 12.4. The van der Waals surface area contributed by atoms with Gasteiger partial charge in [0, 0.05) is 23.7 Å². The molecule has 0 unspecified atom stereocenters. The van der Waals surface area contributed by atoms with Crippen molar-refractivity contribution in [1.29, 1.82) is 0 Å². The Hall–Kier alpha value is -1.10. The summed E-state index contributed by atoms with van der Waals surface area (Å²) in [7, 11) is 0. The second-order valence-corrected chi connectivity index (χ2v) is 5.72. The average molecular weight is 297 g/mol. The van der Waals surface area contributed by atoms with Crippen LogP contribution in [0.2, 0.25) is 5.02 Å². The number of carboxylic acids is 1. The highest BCUT2D eigenvalue weighted by molar-refractivity contribution is 6.30. The summed E-state index contributed by atoms with van der Waals surface area (Å²) in [5, 5.41) is 13.1. The summed E-state index contributed by atoms with van der Waals surface area (Å²) >= 11 is 5.85. The Balaban J connectivity index is 1.71. The van der Waals surface area contributed by atoms with Crippen LogP contribution in [0.3, 0.4) is 0 Å². The fourth-order valence-corrected chi connectivity index (χ4v) is 2.72. The fraction of sp³-hybridized carbons (Fsp3) is 0.533. The topological polar surface area (TPSA) is 52.6 Å². The van der Waals surface area contributed by atoms with Crippen molar-refractivity contribution in [2.24, 2.45) is 0 Å². The molecule has 110 valence electrons. The van der Waals surface area contributed by atoms with Crippen molar-refractivity contribution in [2.45, 2.75) is 38.4 Å². The predicted molar refractivity (Wildman–Crippen MR) is 80.0 cm³/mol. The number of carboxylic acid groups (broad SMARTS) is 1. The van der Waals surface area contributed by atoms with Crippen LogP contribution in [-0.4, -0.2) is 41.1 Å². The number of rotatable bonds is 7. The van der Waals surface area contributed by atoms with Crippen LogP contribution in [0.5, 0.6) is 0 Å². The number of halogens is 1. The van der Waals surface area contributed by atoms with E-state index in [4.69, 9.17) is 16.7 Å². The zero-order chi connectivity index (χ0) is 14.5. The summed E-state index contributed by atoms with van der Waals surface area (Å²) in [4.78, 5) is 12.8. The monoisotopic (exact) mass is 296 g/mol. The zero-order valence-electron chi connectivity index (χ0n) is 11.7. The van der Waals surface area contributed by atoms with Crippen LogP contribution in [0.4, 0.5) is 0 Å². The first kappa shape index (κ1) is 15.3. The number of nitrogens with one attached hydrogen (secondary N) is 1. The van der Waals surface area contributed by atoms with E-state index < -0.39 is 5.97 Å². The van der Waals surface area contributed by atoms with Crippen molar-refractivity contribution >= 4 is 17.6 Å². The van der Waals surface area contributed by atoms with Crippen molar-refractivity contribution in [3.8, 4) is 0 Å². The quantitative estimate of drug-likeness (QED) is 0.811. The molecule has 2 rings (SSSR count). The van der Waals surface area contributed by atoms with Gasteiger partial charge in [0.2, 0.25) is 0 Å². The number of nitrogens with zero attached hydrogens (tertiary/aromatic N) is 1. The second-order valence-electron chi connectivity index (χ2n) is 5.29. The molecule has 1 aliphatic rings. The molecule has 0 atom stereocenters. The summed E-state index contributed by atoms with van der Waals surface area (Å²) in [5.41, 5.74) is 1.22. The standard InChI is InChI=1S/C15H21ClN2O2/c1-2-18(10-15(19)20)14-7-13(8-14)17-9-11-3-5-12(16)6-4-11/h3-6,13-14,17H,2,7-10H2,1H3,(H,19,20). The van der Waals surface area contributed by atoms with Gasteiger partial charge in [0.25, 0.3) is 0 Å². The molecule has 20 heavy (non-hydrogen) atoms. The number of hydrogen-bond acceptors (Lipinski definition) is 3. The van der Waals surface area contributed by atoms with Crippen LogP contribution < -0.4 is 5.32 Å². The van der Waals surface area contributed by atoms with E-state index in [1.807, 2.05) is 36.1 Å². The summed E-state index contributed by atoms with van der Waals surface area (Å²) in [5.74, 6) is -0.746. The fourth-order valence-electron chi connectivity index (χ4n) is 2.59. The third-order valence-corrected chi connectivity index (χ3v) is 4.13. The van der Waals surface area contributed by atoms with E-state index in [1.54, 1.807) is 0 Å². The Morgan fingerprint density at radius 3 is 2.60 bits per heavy atom. The van der Waals surface area contributed by atoms with Gasteiger partial charge in [0.1, 0.15) is 0 Å². The third-order valence-electron chi connectivity index (χ3n) is 3.88. The highest BCUT2D eigenvalue weighted by Crippen LogP contribution is 2.25. The van der Waals surface area contributed by atoms with Crippen molar-refractivity contribution in [2.75, 3.05) is 13.1 Å². The molecule has 1 saturated carbocycles. The van der Waals surface area contributed by atoms with Gasteiger partial charge < -0.3 is 10.4 Å². The van der Waals surface area contributed by atoms with Gasteiger partial charge in [-0.3, -0.25) is 9.69 Å². The molecule has 1 aromatic rings. The minimum absolute atomic E-state index is 0.144. The van der Waals surface area contributed by atoms with E-state index in [0.717, 1.165) is 31.0 Å². The Labute approximate surface area is 124 Å². The Morgan fingerprint density at radius 2 is 2.05 bits per heavy atom. The first-order valence-electron chi connectivity index (χ1n) is 7.02. The van der Waals surface area contributed by atoms with Gasteiger partial charge in [-0.1, -0.05) is 30.7 Å². The Morgan fingerprint density at radius 1 is 1.40 bits per heavy atom. The molecule has 0 heterocycles. The van der Waals surface area contributed by atoms with E-state index in [-0.39, 0.29) is 6.54 Å². The second kappa shape index (κ2) is 7.07. The van der Waals surface area contributed by atoms with Crippen molar-refractivity contribution in [1.82, 2.24) is 10.2 Å². The summed E-state index contributed by atoms with van der Waals surface area (Å²) in [6.45, 7) is 3.78. The lowest BCUT2D eigenvalue weighted by atomic mass is 9.85. The highest BCUT2D eigenvalue weighted by atomic mass is 35.5. The third kappa shape index (κ3) is 4.20. The summed E-state index contributed by atoms with van der Waals surface area (Å²) in [6.07, 6.45) is 2.05. The van der Waals surface area contributed by atoms with Crippen LogP contribution in [0.15, 0.2) is 24.3 Å². The number of hydrogen-bond donors (Lipinski definition) is 2. The van der Waals surface area contributed by atoms with Crippen LogP contribution in [-0.2, 0) is 11.3 Å². The van der Waals surface area contributed by atoms with Crippen LogP contribution in [0, 0.1) is 0 Å². The summed E-state index contributed by atoms with van der Waals surface area (Å²) in [6, 6.07) is 8.72. The highest BCUT2D eigenvalue weighted by Gasteiger charge is 2.33. The first-order valence-corrected chi connectivity index (χ1v) is 7.40. The lowest BCUT2D eigenvalue weighted by molar-refractivity contribution is -0.139. The van der Waals surface area contributed by atoms with Gasteiger partial charge in [-0.25, -0.2) is 0 Å². The molecule has 1 aliphatic carbocycles. The Bertz CT molecular complexity index is 444. The van der Waals surface area contributed by atoms with Gasteiger partial charge in [-0.05, 0) is 37.1 Å². The minimum atomic E-state index is -0.746. The maximum absolute atomic E-state index is 10.8. The number of carbonyl (C=O) groups is 1. The normalized spacial score (nSPS) is 21.8. The first-order chi connectivity index (χ1) is 9.58. The van der Waals surface area contributed by atoms with Crippen LogP contribution in [0.25, 0.3) is 0 Å². The average Bonchev–Trinajstić information content (AvgIpc) is 2.37. The van der Waals surface area contributed by atoms with Crippen molar-refractivity contribution < 1.29 is 9.90 Å². The molecule has 4 nitrogen and oxygen atoms in total. The molecule has 0 saturated heterocycles. The maximum atomic E-state index is 10.8. The molecular weight excluding hydrogens is 276 g/mol. The van der Waals surface area contributed by atoms with Gasteiger partial charge in [0.15, 0.2) is 0 Å². The Kier molecular flexibility index (Phi) is 5.40. The maximum Gasteiger partial charge on any atom is 0.317 e. The lowest BCUT2D eigenvalue weighted by Gasteiger charge is -2.42. The van der Waals surface area contributed by atoms with Crippen molar-refractivity contribution in [3.63, 3.8) is 0 Å². The van der Waals surface area contributed by atoms with E-state index in [0.29, 0.717) is 12.1 Å². The summed E-state index contributed by atoms with van der Waals surface area (Å²) < 4.78 is 0. The lowest BCUT2D eigenvalue weighted by Crippen LogP contribution is -2.53. The number of likely N-dealkylation sites (N-methyl/N-ethyl adjacent to an activating group) is 1. The van der Waals surface area contributed by atoms with Crippen LogP contribution >= 0.6 is 11.6 Å². The number of benzene rings is 1. The molecular formula is C15H21ClN2O2. The minimum Gasteiger partial charge on any atom is -0.480 e. The van der Waals surface area contributed by atoms with Crippen molar-refractivity contribution in [3.05, 3.63) is 34.9 Å².